The number of benzene rings is 3. The van der Waals surface area contributed by atoms with Crippen molar-refractivity contribution in [3.8, 4) is 0 Å². The highest BCUT2D eigenvalue weighted by molar-refractivity contribution is 9.10. The quantitative estimate of drug-likeness (QED) is 0.199. The van der Waals surface area contributed by atoms with Crippen LogP contribution in [0.4, 0.5) is 10.8 Å². The number of halogens is 2. The molecule has 4 aromatic rings. The number of carbonyl (C=O) groups excluding carboxylic acids is 2. The van der Waals surface area contributed by atoms with Crippen molar-refractivity contribution in [1.29, 1.82) is 0 Å². The summed E-state index contributed by atoms with van der Waals surface area (Å²) in [7, 11) is 0. The highest BCUT2D eigenvalue weighted by atomic mass is 79.9. The van der Waals surface area contributed by atoms with Gasteiger partial charge in [0.25, 0.3) is 11.8 Å². The molecule has 0 unspecified atom stereocenters. The van der Waals surface area contributed by atoms with Crippen molar-refractivity contribution in [2.75, 3.05) is 10.6 Å². The van der Waals surface area contributed by atoms with E-state index in [-0.39, 0.29) is 22.0 Å². The zero-order valence-corrected chi connectivity index (χ0v) is 23.2. The standard InChI is InChI=1S/C23H15Br2N5O2S3/c24-14-5-1-12(2-6-14)19(31)28-21(33)26-16-9-10-17-18(11-16)35-23(27-17)30-22(34)29-20(32)13-3-7-15(25)8-4-13/h1-11H,(H2,26,28,31,33)(H2,27,29,30,32,34). The summed E-state index contributed by atoms with van der Waals surface area (Å²) >= 11 is 18.6. The lowest BCUT2D eigenvalue weighted by atomic mass is 10.2. The first-order valence-electron chi connectivity index (χ1n) is 9.93. The molecule has 0 aliphatic heterocycles. The van der Waals surface area contributed by atoms with E-state index in [1.807, 2.05) is 12.1 Å². The molecule has 0 spiro atoms. The normalized spacial score (nSPS) is 10.5. The van der Waals surface area contributed by atoms with Crippen molar-refractivity contribution in [3.63, 3.8) is 0 Å². The van der Waals surface area contributed by atoms with E-state index in [2.05, 4.69) is 58.1 Å². The molecule has 3 aromatic carbocycles. The van der Waals surface area contributed by atoms with Crippen molar-refractivity contribution in [3.05, 3.63) is 86.8 Å². The molecule has 1 heterocycles. The Balaban J connectivity index is 1.36. The van der Waals surface area contributed by atoms with Crippen LogP contribution in [0.2, 0.25) is 0 Å². The molecule has 4 N–H and O–H groups in total. The van der Waals surface area contributed by atoms with E-state index in [9.17, 15) is 9.59 Å². The zero-order valence-electron chi connectivity index (χ0n) is 17.6. The second kappa shape index (κ2) is 11.3. The summed E-state index contributed by atoms with van der Waals surface area (Å²) < 4.78 is 2.63. The molecule has 0 bridgehead atoms. The number of carbonyl (C=O) groups is 2. The van der Waals surface area contributed by atoms with Gasteiger partial charge < -0.3 is 10.6 Å². The third-order valence-electron chi connectivity index (χ3n) is 4.53. The minimum atomic E-state index is -0.318. The van der Waals surface area contributed by atoms with E-state index < -0.39 is 0 Å². The van der Waals surface area contributed by atoms with Crippen LogP contribution in [-0.4, -0.2) is 27.0 Å². The Morgan fingerprint density at radius 2 is 1.26 bits per heavy atom. The fourth-order valence-electron chi connectivity index (χ4n) is 2.90. The van der Waals surface area contributed by atoms with Crippen LogP contribution < -0.4 is 21.3 Å². The molecule has 1 aromatic heterocycles. The summed E-state index contributed by atoms with van der Waals surface area (Å²) in [5, 5.41) is 12.1. The fourth-order valence-corrected chi connectivity index (χ4v) is 4.80. The maximum absolute atomic E-state index is 12.3. The van der Waals surface area contributed by atoms with Crippen LogP contribution in [0.3, 0.4) is 0 Å². The van der Waals surface area contributed by atoms with E-state index in [1.165, 1.54) is 11.3 Å². The summed E-state index contributed by atoms with van der Waals surface area (Å²) in [4.78, 5) is 29.2. The Labute approximate surface area is 232 Å². The number of amides is 2. The van der Waals surface area contributed by atoms with Crippen molar-refractivity contribution in [1.82, 2.24) is 15.6 Å². The molecule has 0 radical (unpaired) electrons. The number of fused-ring (bicyclic) bond motifs is 1. The van der Waals surface area contributed by atoms with Crippen molar-refractivity contribution >= 4 is 111 Å². The molecule has 0 atom stereocenters. The molecule has 4 rings (SSSR count). The van der Waals surface area contributed by atoms with E-state index >= 15 is 0 Å². The lowest BCUT2D eigenvalue weighted by Crippen LogP contribution is -2.34. The van der Waals surface area contributed by atoms with Crippen LogP contribution in [0.1, 0.15) is 20.7 Å². The maximum Gasteiger partial charge on any atom is 0.257 e. The number of nitrogens with zero attached hydrogens (tertiary/aromatic N) is 1. The van der Waals surface area contributed by atoms with Gasteiger partial charge in [0.05, 0.1) is 10.2 Å². The number of thiocarbonyl (C=S) groups is 2. The van der Waals surface area contributed by atoms with Gasteiger partial charge in [-0.15, -0.1) is 0 Å². The number of aromatic nitrogens is 1. The topological polar surface area (TPSA) is 95.2 Å². The largest absolute Gasteiger partial charge is 0.332 e. The molecule has 0 fully saturated rings. The van der Waals surface area contributed by atoms with E-state index in [4.69, 9.17) is 24.4 Å². The number of hydrogen-bond donors (Lipinski definition) is 4. The highest BCUT2D eigenvalue weighted by Gasteiger charge is 2.12. The van der Waals surface area contributed by atoms with Gasteiger partial charge in [0.1, 0.15) is 0 Å². The highest BCUT2D eigenvalue weighted by Crippen LogP contribution is 2.28. The molecule has 0 aliphatic rings. The van der Waals surface area contributed by atoms with Gasteiger partial charge in [-0.2, -0.15) is 0 Å². The average Bonchev–Trinajstić information content (AvgIpc) is 3.21. The number of hydrogen-bond acceptors (Lipinski definition) is 6. The molecule has 0 saturated carbocycles. The van der Waals surface area contributed by atoms with E-state index in [0.29, 0.717) is 21.9 Å². The van der Waals surface area contributed by atoms with Gasteiger partial charge in [0.15, 0.2) is 15.4 Å². The van der Waals surface area contributed by atoms with Gasteiger partial charge in [-0.25, -0.2) is 4.98 Å². The summed E-state index contributed by atoms with van der Waals surface area (Å²) in [5.74, 6) is -0.625. The SMILES string of the molecule is O=C(NC(=S)Nc1ccc2nc(NC(=S)NC(=O)c3ccc(Br)cc3)sc2c1)c1ccc(Br)cc1. The third-order valence-corrected chi connectivity index (χ3v) is 6.93. The summed E-state index contributed by atoms with van der Waals surface area (Å²) in [6, 6.07) is 19.4. The number of rotatable bonds is 4. The van der Waals surface area contributed by atoms with E-state index in [0.717, 1.165) is 19.2 Å². The van der Waals surface area contributed by atoms with Gasteiger partial charge >= 0.3 is 0 Å². The molecule has 0 saturated heterocycles. The van der Waals surface area contributed by atoms with Crippen molar-refractivity contribution in [2.24, 2.45) is 0 Å². The van der Waals surface area contributed by atoms with Crippen LogP contribution in [0.5, 0.6) is 0 Å². The van der Waals surface area contributed by atoms with Gasteiger partial charge in [0, 0.05) is 25.8 Å². The molecular formula is C23H15Br2N5O2S3. The minimum absolute atomic E-state index is 0.146. The van der Waals surface area contributed by atoms with Crippen molar-refractivity contribution < 1.29 is 9.59 Å². The molecule has 2 amide bonds. The number of nitrogens with one attached hydrogen (secondary N) is 4. The first kappa shape index (κ1) is 25.3. The van der Waals surface area contributed by atoms with E-state index in [1.54, 1.807) is 54.6 Å². The first-order valence-corrected chi connectivity index (χ1v) is 13.1. The number of anilines is 2. The van der Waals surface area contributed by atoms with Crippen LogP contribution in [0.25, 0.3) is 10.2 Å². The monoisotopic (exact) mass is 647 g/mol. The molecule has 12 heteroatoms. The Kier molecular flexibility index (Phi) is 8.19. The average molecular weight is 649 g/mol. The first-order chi connectivity index (χ1) is 16.8. The smallest absolute Gasteiger partial charge is 0.257 e. The fraction of sp³-hybridized carbons (Fsp3) is 0. The Morgan fingerprint density at radius 3 is 1.80 bits per heavy atom. The van der Waals surface area contributed by atoms with Gasteiger partial charge in [-0.1, -0.05) is 43.2 Å². The second-order valence-electron chi connectivity index (χ2n) is 7.03. The lowest BCUT2D eigenvalue weighted by Gasteiger charge is -2.09. The molecule has 0 aliphatic carbocycles. The molecular weight excluding hydrogens is 634 g/mol. The van der Waals surface area contributed by atoms with Crippen molar-refractivity contribution in [2.45, 2.75) is 0 Å². The van der Waals surface area contributed by atoms with Crippen LogP contribution in [-0.2, 0) is 0 Å². The minimum Gasteiger partial charge on any atom is -0.332 e. The van der Waals surface area contributed by atoms with Crippen LogP contribution in [0, 0.1) is 0 Å². The van der Waals surface area contributed by atoms with Gasteiger partial charge in [-0.05, 0) is 91.2 Å². The third kappa shape index (κ3) is 6.89. The number of thiazole rings is 1. The van der Waals surface area contributed by atoms with Crippen LogP contribution in [0.15, 0.2) is 75.7 Å². The van der Waals surface area contributed by atoms with Gasteiger partial charge in [0.2, 0.25) is 0 Å². The van der Waals surface area contributed by atoms with Gasteiger partial charge in [-0.3, -0.25) is 20.2 Å². The summed E-state index contributed by atoms with van der Waals surface area (Å²) in [6.45, 7) is 0. The predicted octanol–water partition coefficient (Wildman–Crippen LogP) is 6.07. The second-order valence-corrected chi connectivity index (χ2v) is 10.7. The predicted molar refractivity (Wildman–Crippen MR) is 155 cm³/mol. The van der Waals surface area contributed by atoms with Crippen LogP contribution >= 0.6 is 67.6 Å². The Morgan fingerprint density at radius 1 is 0.743 bits per heavy atom. The Hall–Kier alpha value is -2.77. The maximum atomic E-state index is 12.3. The molecule has 176 valence electrons. The summed E-state index contributed by atoms with van der Waals surface area (Å²) in [6.07, 6.45) is 0. The molecule has 7 nitrogen and oxygen atoms in total. The lowest BCUT2D eigenvalue weighted by molar-refractivity contribution is 0.0969. The zero-order chi connectivity index (χ0) is 24.9. The molecule has 35 heavy (non-hydrogen) atoms. The Bertz CT molecular complexity index is 1370. The summed E-state index contributed by atoms with van der Waals surface area (Å²) in [5.41, 5.74) is 2.42.